The SMILES string of the molecule is CNC(C#N)CCOc1ccccc1. The number of hydrogen-bond acceptors (Lipinski definition) is 3. The summed E-state index contributed by atoms with van der Waals surface area (Å²) in [6.45, 7) is 0.559. The van der Waals surface area contributed by atoms with Gasteiger partial charge in [0, 0.05) is 6.42 Å². The molecule has 3 heteroatoms. The molecule has 0 aromatic heterocycles. The quantitative estimate of drug-likeness (QED) is 0.766. The van der Waals surface area contributed by atoms with Crippen LogP contribution in [0.2, 0.25) is 0 Å². The average Bonchev–Trinajstić information content (AvgIpc) is 2.26. The number of benzene rings is 1. The van der Waals surface area contributed by atoms with E-state index in [-0.39, 0.29) is 6.04 Å². The first-order chi connectivity index (χ1) is 6.86. The van der Waals surface area contributed by atoms with Crippen molar-refractivity contribution in [3.63, 3.8) is 0 Å². The molecule has 0 radical (unpaired) electrons. The second-order valence-corrected chi connectivity index (χ2v) is 2.92. The van der Waals surface area contributed by atoms with Gasteiger partial charge in [-0.15, -0.1) is 0 Å². The maximum absolute atomic E-state index is 8.66. The fourth-order valence-corrected chi connectivity index (χ4v) is 1.08. The summed E-state index contributed by atoms with van der Waals surface area (Å²) in [6, 6.07) is 11.6. The van der Waals surface area contributed by atoms with Gasteiger partial charge in [0.15, 0.2) is 0 Å². The van der Waals surface area contributed by atoms with Crippen molar-refractivity contribution in [2.75, 3.05) is 13.7 Å². The lowest BCUT2D eigenvalue weighted by atomic mass is 10.2. The van der Waals surface area contributed by atoms with Crippen LogP contribution >= 0.6 is 0 Å². The highest BCUT2D eigenvalue weighted by molar-refractivity contribution is 5.20. The molecule has 0 aliphatic rings. The Morgan fingerprint density at radius 2 is 2.14 bits per heavy atom. The van der Waals surface area contributed by atoms with Crippen molar-refractivity contribution >= 4 is 0 Å². The first-order valence-corrected chi connectivity index (χ1v) is 4.61. The van der Waals surface area contributed by atoms with Crippen LogP contribution in [0.5, 0.6) is 5.75 Å². The number of nitriles is 1. The summed E-state index contributed by atoms with van der Waals surface area (Å²) in [5.74, 6) is 0.847. The third-order valence-electron chi connectivity index (χ3n) is 1.92. The summed E-state index contributed by atoms with van der Waals surface area (Å²) in [6.07, 6.45) is 0.696. The topological polar surface area (TPSA) is 45.0 Å². The molecular formula is C11H14N2O. The van der Waals surface area contributed by atoms with Gasteiger partial charge in [-0.05, 0) is 19.2 Å². The maximum atomic E-state index is 8.66. The van der Waals surface area contributed by atoms with E-state index in [4.69, 9.17) is 10.00 Å². The van der Waals surface area contributed by atoms with Crippen LogP contribution in [-0.4, -0.2) is 19.7 Å². The summed E-state index contributed by atoms with van der Waals surface area (Å²) in [5, 5.41) is 11.6. The summed E-state index contributed by atoms with van der Waals surface area (Å²) in [5.41, 5.74) is 0. The first kappa shape index (κ1) is 10.6. The zero-order valence-corrected chi connectivity index (χ0v) is 8.23. The van der Waals surface area contributed by atoms with Gasteiger partial charge < -0.3 is 10.1 Å². The van der Waals surface area contributed by atoms with Crippen LogP contribution < -0.4 is 10.1 Å². The third kappa shape index (κ3) is 3.46. The molecule has 0 fully saturated rings. The summed E-state index contributed by atoms with van der Waals surface area (Å²) < 4.78 is 5.45. The molecule has 0 heterocycles. The molecule has 1 aromatic carbocycles. The minimum absolute atomic E-state index is 0.126. The molecule has 0 aliphatic carbocycles. The van der Waals surface area contributed by atoms with Crippen LogP contribution in [0.15, 0.2) is 30.3 Å². The van der Waals surface area contributed by atoms with E-state index in [1.165, 1.54) is 0 Å². The molecule has 1 unspecified atom stereocenters. The number of rotatable bonds is 5. The fourth-order valence-electron chi connectivity index (χ4n) is 1.08. The Morgan fingerprint density at radius 1 is 1.43 bits per heavy atom. The van der Waals surface area contributed by atoms with Crippen molar-refractivity contribution in [2.45, 2.75) is 12.5 Å². The summed E-state index contributed by atoms with van der Waals surface area (Å²) in [4.78, 5) is 0. The van der Waals surface area contributed by atoms with E-state index in [9.17, 15) is 0 Å². The van der Waals surface area contributed by atoms with E-state index < -0.39 is 0 Å². The van der Waals surface area contributed by atoms with E-state index in [2.05, 4.69) is 11.4 Å². The monoisotopic (exact) mass is 190 g/mol. The van der Waals surface area contributed by atoms with Gasteiger partial charge in [0.2, 0.25) is 0 Å². The van der Waals surface area contributed by atoms with Crippen molar-refractivity contribution < 1.29 is 4.74 Å². The number of para-hydroxylation sites is 1. The first-order valence-electron chi connectivity index (χ1n) is 4.61. The van der Waals surface area contributed by atoms with Crippen LogP contribution in [0.4, 0.5) is 0 Å². The fraction of sp³-hybridized carbons (Fsp3) is 0.364. The maximum Gasteiger partial charge on any atom is 0.119 e. The molecule has 0 saturated heterocycles. The Balaban J connectivity index is 2.26. The van der Waals surface area contributed by atoms with Crippen molar-refractivity contribution in [2.24, 2.45) is 0 Å². The smallest absolute Gasteiger partial charge is 0.119 e. The molecule has 3 nitrogen and oxygen atoms in total. The van der Waals surface area contributed by atoms with Gasteiger partial charge in [0.1, 0.15) is 5.75 Å². The normalized spacial score (nSPS) is 11.7. The predicted octanol–water partition coefficient (Wildman–Crippen LogP) is 1.57. The van der Waals surface area contributed by atoms with E-state index in [0.29, 0.717) is 13.0 Å². The zero-order valence-electron chi connectivity index (χ0n) is 8.23. The van der Waals surface area contributed by atoms with Crippen LogP contribution in [0.1, 0.15) is 6.42 Å². The van der Waals surface area contributed by atoms with Gasteiger partial charge >= 0.3 is 0 Å². The van der Waals surface area contributed by atoms with Crippen molar-refractivity contribution in [1.82, 2.24) is 5.32 Å². The standard InChI is InChI=1S/C11H14N2O/c1-13-10(9-12)7-8-14-11-5-3-2-4-6-11/h2-6,10,13H,7-8H2,1H3. The van der Waals surface area contributed by atoms with E-state index in [1.54, 1.807) is 7.05 Å². The second kappa shape index (κ2) is 6.01. The Morgan fingerprint density at radius 3 is 2.71 bits per heavy atom. The lowest BCUT2D eigenvalue weighted by Crippen LogP contribution is -2.25. The molecule has 0 bridgehead atoms. The molecule has 0 saturated carbocycles. The van der Waals surface area contributed by atoms with Gasteiger partial charge in [0.05, 0.1) is 18.7 Å². The second-order valence-electron chi connectivity index (χ2n) is 2.92. The number of nitrogens with zero attached hydrogens (tertiary/aromatic N) is 1. The largest absolute Gasteiger partial charge is 0.493 e. The highest BCUT2D eigenvalue weighted by Crippen LogP contribution is 2.08. The lowest BCUT2D eigenvalue weighted by molar-refractivity contribution is 0.300. The third-order valence-corrected chi connectivity index (χ3v) is 1.92. The molecule has 1 aromatic rings. The van der Waals surface area contributed by atoms with Crippen molar-refractivity contribution in [3.05, 3.63) is 30.3 Å². The van der Waals surface area contributed by atoms with Crippen LogP contribution in [0.3, 0.4) is 0 Å². The Kier molecular flexibility index (Phi) is 4.53. The van der Waals surface area contributed by atoms with Crippen molar-refractivity contribution in [3.8, 4) is 11.8 Å². The molecule has 74 valence electrons. The molecule has 1 N–H and O–H groups in total. The lowest BCUT2D eigenvalue weighted by Gasteiger charge is -2.08. The van der Waals surface area contributed by atoms with Crippen LogP contribution in [-0.2, 0) is 0 Å². The van der Waals surface area contributed by atoms with Crippen molar-refractivity contribution in [1.29, 1.82) is 5.26 Å². The molecule has 0 amide bonds. The molecule has 0 spiro atoms. The Hall–Kier alpha value is -1.53. The zero-order chi connectivity index (χ0) is 10.2. The van der Waals surface area contributed by atoms with Crippen LogP contribution in [0, 0.1) is 11.3 Å². The van der Waals surface area contributed by atoms with Gasteiger partial charge in [0.25, 0.3) is 0 Å². The van der Waals surface area contributed by atoms with Gasteiger partial charge in [-0.25, -0.2) is 0 Å². The van der Waals surface area contributed by atoms with Gasteiger partial charge in [-0.3, -0.25) is 0 Å². The Bertz CT molecular complexity index is 292. The molecule has 0 aliphatic heterocycles. The highest BCUT2D eigenvalue weighted by atomic mass is 16.5. The van der Waals surface area contributed by atoms with E-state index >= 15 is 0 Å². The summed E-state index contributed by atoms with van der Waals surface area (Å²) in [7, 11) is 1.77. The number of hydrogen-bond donors (Lipinski definition) is 1. The Labute approximate surface area is 84.3 Å². The molecule has 1 rings (SSSR count). The van der Waals surface area contributed by atoms with Crippen LogP contribution in [0.25, 0.3) is 0 Å². The number of nitrogens with one attached hydrogen (secondary N) is 1. The highest BCUT2D eigenvalue weighted by Gasteiger charge is 2.02. The van der Waals surface area contributed by atoms with Gasteiger partial charge in [-0.2, -0.15) is 5.26 Å². The van der Waals surface area contributed by atoms with Gasteiger partial charge in [-0.1, -0.05) is 18.2 Å². The molecule has 1 atom stereocenters. The minimum atomic E-state index is -0.126. The van der Waals surface area contributed by atoms with E-state index in [0.717, 1.165) is 5.75 Å². The molecular weight excluding hydrogens is 176 g/mol. The molecule has 14 heavy (non-hydrogen) atoms. The summed E-state index contributed by atoms with van der Waals surface area (Å²) >= 11 is 0. The predicted molar refractivity (Wildman–Crippen MR) is 55.0 cm³/mol. The minimum Gasteiger partial charge on any atom is -0.493 e. The van der Waals surface area contributed by atoms with E-state index in [1.807, 2.05) is 30.3 Å². The average molecular weight is 190 g/mol. The number of ether oxygens (including phenoxy) is 1.